The molecule has 2 aromatic heterocycles. The number of ether oxygens (including phenoxy) is 10. The van der Waals surface area contributed by atoms with Crippen molar-refractivity contribution in [3.63, 3.8) is 0 Å². The Labute approximate surface area is 745 Å². The number of phosphoric ester groups is 1. The zero-order chi connectivity index (χ0) is 93.7. The molecule has 0 saturated carbocycles. The number of aliphatic hydroxyl groups is 10. The maximum Gasteiger partial charge on any atom is 0.472 e. The van der Waals surface area contributed by atoms with Crippen molar-refractivity contribution in [2.24, 2.45) is 17.8 Å². The highest BCUT2D eigenvalue weighted by Gasteiger charge is 2.50. The highest BCUT2D eigenvalue weighted by atomic mass is 31.2. The molecule has 3 amide bonds. The van der Waals surface area contributed by atoms with Crippen molar-refractivity contribution >= 4 is 79.0 Å². The molecule has 7 heterocycles. The number of rotatable bonds is 65. The van der Waals surface area contributed by atoms with Crippen LogP contribution in [0.3, 0.4) is 0 Å². The summed E-state index contributed by atoms with van der Waals surface area (Å²) in [4.78, 5) is 143. The number of amides is 3. The third kappa shape index (κ3) is 36.1. The Hall–Kier alpha value is -5.43. The molecular weight excluding hydrogens is 1730 g/mol. The fourth-order valence-electron chi connectivity index (χ4n) is 15.3. The Morgan fingerprint density at radius 1 is 0.516 bits per heavy atom. The van der Waals surface area contributed by atoms with E-state index >= 15 is 0 Å². The summed E-state index contributed by atoms with van der Waals surface area (Å²) >= 11 is 0. The van der Waals surface area contributed by atoms with Crippen molar-refractivity contribution in [3.8, 4) is 0 Å². The fourth-order valence-corrected chi connectivity index (χ4v) is 17.0. The predicted molar refractivity (Wildman–Crippen MR) is 451 cm³/mol. The summed E-state index contributed by atoms with van der Waals surface area (Å²) in [5.41, 5.74) is 3.68. The number of Topliss-reactive ketones (excluding diaryl/α,β-unsaturated/α-hetero) is 5. The number of β-amino-alcohol motifs (C(OH)–C–C–N with tert-alkyl or cyclic N) is 1. The van der Waals surface area contributed by atoms with Crippen LogP contribution < -0.4 is 16.4 Å². The quantitative estimate of drug-likeness (QED) is 0.0256. The first kappa shape index (κ1) is 110. The van der Waals surface area contributed by atoms with E-state index in [9.17, 15) is 108 Å². The third-order valence-electron chi connectivity index (χ3n) is 23.4. The van der Waals surface area contributed by atoms with E-state index in [4.69, 9.17) is 66.7 Å². The molecule has 732 valence electrons. The highest BCUT2D eigenvalue weighted by Crippen LogP contribution is 2.55. The number of aliphatic hydroxyl groups excluding tert-OH is 10. The van der Waals surface area contributed by atoms with Gasteiger partial charge in [0, 0.05) is 128 Å². The van der Waals surface area contributed by atoms with Crippen LogP contribution in [0.4, 0.5) is 5.82 Å². The molecule has 0 aliphatic carbocycles. The van der Waals surface area contributed by atoms with Gasteiger partial charge < -0.3 is 129 Å². The molecule has 7 rings (SSSR count). The Morgan fingerprint density at radius 3 is 1.38 bits per heavy atom. The molecule has 5 fully saturated rings. The normalized spacial score (nSPS) is 28.2. The molecule has 8 unspecified atom stereocenters. The number of unbranched alkanes of at least 4 members (excludes halogenated alkanes) is 8. The number of carbonyl (C=O) groups is 8. The number of likely N-dealkylation sites (tertiary alicyclic amines) is 1. The Balaban J connectivity index is 0.951. The highest BCUT2D eigenvalue weighted by molar-refractivity contribution is 7.53. The molecule has 45 heteroatoms. The minimum absolute atomic E-state index is 0.00318. The van der Waals surface area contributed by atoms with Crippen molar-refractivity contribution < 1.29 is 169 Å². The number of nitrogens with one attached hydrogen (secondary N) is 2. The van der Waals surface area contributed by atoms with Gasteiger partial charge in [-0.15, -0.1) is 0 Å². The van der Waals surface area contributed by atoms with Crippen LogP contribution in [-0.2, 0) is 108 Å². The molecule has 5 aliphatic rings. The molecule has 0 spiro atoms. The number of hydrogen-bond donors (Lipinski definition) is 15. The number of nitrogens with zero attached hydrogens (tertiary/aromatic N) is 5. The lowest BCUT2D eigenvalue weighted by molar-refractivity contribution is -0.282. The SMILES string of the molecule is CC1[C@H](OCCCCC(=O)CCCCCC(=O)CCOCC(COCCC(=O)CCCCCC(=O)CCCCO[C@@H]2OC(CO)[C@H](O)[C@H](O)C2C)(COCCC(=O)NCCCCC(=O)CCCCO[C@@H]2OC(CO)[C@H](O)[C@H](O)C2C)NC(=O)CC(=O)N2C[C@H](O)C[C@H]2COP(=O)(O)O[C@H]2C[C@H](n3cnc4c(N)ncnc43)O[C@@H]2OP(=O)(O)C(C)C)OC(CO)[C@H](O)[C@@H]1O. The Morgan fingerprint density at radius 2 is 0.938 bits per heavy atom. The number of hydrogen-bond acceptors (Lipinski definition) is 37. The van der Waals surface area contributed by atoms with Gasteiger partial charge in [-0.05, 0) is 83.5 Å². The fraction of sp³-hybridized carbons (Fsp3) is 0.843. The summed E-state index contributed by atoms with van der Waals surface area (Å²) in [5, 5.41) is 107. The van der Waals surface area contributed by atoms with E-state index in [0.29, 0.717) is 103 Å². The van der Waals surface area contributed by atoms with Crippen molar-refractivity contribution in [2.75, 3.05) is 105 Å². The zero-order valence-electron chi connectivity index (χ0n) is 74.1. The van der Waals surface area contributed by atoms with Gasteiger partial charge in [-0.3, -0.25) is 61.1 Å². The van der Waals surface area contributed by atoms with E-state index in [1.54, 1.807) is 20.8 Å². The molecule has 0 aromatic carbocycles. The van der Waals surface area contributed by atoms with Gasteiger partial charge in [-0.25, -0.2) is 19.5 Å². The van der Waals surface area contributed by atoms with E-state index in [1.807, 2.05) is 0 Å². The van der Waals surface area contributed by atoms with Gasteiger partial charge in [0.2, 0.25) is 17.7 Å². The molecule has 0 bridgehead atoms. The van der Waals surface area contributed by atoms with Gasteiger partial charge in [0.25, 0.3) is 0 Å². The molecule has 5 saturated heterocycles. The zero-order valence-corrected chi connectivity index (χ0v) is 75.9. The summed E-state index contributed by atoms with van der Waals surface area (Å²) < 4.78 is 104. The number of nitrogen functional groups attached to an aromatic ring is 1. The van der Waals surface area contributed by atoms with Crippen molar-refractivity contribution in [1.82, 2.24) is 35.1 Å². The van der Waals surface area contributed by atoms with E-state index in [2.05, 4.69) is 25.6 Å². The minimum Gasteiger partial charge on any atom is -0.394 e. The minimum atomic E-state index is -5.25. The number of carbonyl (C=O) groups excluding carboxylic acids is 8. The van der Waals surface area contributed by atoms with Crippen LogP contribution in [0.25, 0.3) is 11.2 Å². The van der Waals surface area contributed by atoms with Crippen LogP contribution in [0, 0.1) is 17.8 Å². The second-order valence-corrected chi connectivity index (χ2v) is 38.0. The number of aromatic nitrogens is 4. The Bertz CT molecular complexity index is 3600. The monoisotopic (exact) mass is 1870 g/mol. The van der Waals surface area contributed by atoms with Crippen LogP contribution >= 0.6 is 15.4 Å². The largest absolute Gasteiger partial charge is 0.472 e. The maximum atomic E-state index is 14.6. The maximum absolute atomic E-state index is 14.6. The van der Waals surface area contributed by atoms with Crippen molar-refractivity contribution in [3.05, 3.63) is 12.7 Å². The van der Waals surface area contributed by atoms with Gasteiger partial charge in [-0.1, -0.05) is 47.5 Å². The molecule has 43 nitrogen and oxygen atoms in total. The number of nitrogens with two attached hydrogens (primary N) is 1. The number of fused-ring (bicyclic) bond motifs is 1. The van der Waals surface area contributed by atoms with Crippen molar-refractivity contribution in [1.29, 1.82) is 0 Å². The summed E-state index contributed by atoms with van der Waals surface area (Å²) in [6.07, 6.45) is -8.67. The first-order valence-electron chi connectivity index (χ1n) is 44.8. The number of anilines is 1. The lowest BCUT2D eigenvalue weighted by Gasteiger charge is -2.40. The van der Waals surface area contributed by atoms with Gasteiger partial charge in [0.15, 0.2) is 36.6 Å². The van der Waals surface area contributed by atoms with E-state index in [0.717, 1.165) is 4.90 Å². The number of phosphoric acid groups is 1. The molecule has 128 heavy (non-hydrogen) atoms. The van der Waals surface area contributed by atoms with Gasteiger partial charge in [-0.2, -0.15) is 0 Å². The van der Waals surface area contributed by atoms with Crippen LogP contribution in [0.1, 0.15) is 221 Å². The molecule has 5 aliphatic heterocycles. The molecule has 0 radical (unpaired) electrons. The van der Waals surface area contributed by atoms with Crippen LogP contribution in [0.5, 0.6) is 0 Å². The van der Waals surface area contributed by atoms with Gasteiger partial charge in [0.1, 0.15) is 102 Å². The number of imidazole rings is 1. The second kappa shape index (κ2) is 56.0. The average Bonchev–Trinajstić information content (AvgIpc) is 1.62. The average molecular weight is 1870 g/mol. The standard InChI is InChI=1S/C83H140N8O35P2/c1-51(2)127(110,111)126-82-62(39-69(124-82)91-50-88-70-77(84)86-49-87-78(70)91)125-128(112,113)120-45-55-38-61(100)41-90(55)68(103)40-67(102)89-83(46-114-35-28-59(98)22-10-6-8-20-56(95)25-13-17-32-117-79-52(3)71(104)74(107)63(42-92)121-79,47-115-36-29-60(99)23-11-7-9-21-57(96)26-14-18-33-118-80-53(4)72(105)75(108)64(43-93)122-80)48-116-37-30-66(101)85-31-16-12-24-58(97)27-15-19-34-119-81-54(5)73(106)76(109)65(44-94)123-81/h49-55,61-65,69,71-76,79-82,92-94,100,104-109H,6-48H2,1-5H3,(H,85,101)(H,89,102)(H,110,111)(H,112,113)(H2,84,86,87)/t52?,53?,54?,55-,61+,62-,63?,64?,65?,69+,71+,72+,73+,74-,75-,76-,79+,80+,81+,82+,83?/m0/s1. The first-order valence-corrected chi connectivity index (χ1v) is 48.0. The number of ketones is 5. The van der Waals surface area contributed by atoms with E-state index < -0.39 is 219 Å². The van der Waals surface area contributed by atoms with Crippen LogP contribution in [-0.4, -0.2) is 340 Å². The molecular formula is C83H140N8O35P2. The topological polar surface area (TPSA) is 630 Å². The molecule has 22 atom stereocenters. The summed E-state index contributed by atoms with van der Waals surface area (Å²) in [6.45, 7) is 4.09. The predicted octanol–water partition coefficient (Wildman–Crippen LogP) is 2.01. The van der Waals surface area contributed by atoms with E-state index in [-0.39, 0.29) is 169 Å². The van der Waals surface area contributed by atoms with Crippen molar-refractivity contribution in [2.45, 2.75) is 330 Å². The van der Waals surface area contributed by atoms with E-state index in [1.165, 1.54) is 31.1 Å². The van der Waals surface area contributed by atoms with Gasteiger partial charge >= 0.3 is 15.4 Å². The summed E-state index contributed by atoms with van der Waals surface area (Å²) in [6, 6.07) is -1.16. The van der Waals surface area contributed by atoms with Gasteiger partial charge in [0.05, 0.1) is 109 Å². The molecule has 16 N–H and O–H groups in total. The smallest absolute Gasteiger partial charge is 0.394 e. The Kier molecular flexibility index (Phi) is 48.0. The van der Waals surface area contributed by atoms with Crippen LogP contribution in [0.15, 0.2) is 12.7 Å². The first-order chi connectivity index (χ1) is 61.0. The summed E-state index contributed by atoms with van der Waals surface area (Å²) in [7, 11) is -9.71. The lowest BCUT2D eigenvalue weighted by atomic mass is 9.92. The van der Waals surface area contributed by atoms with Crippen LogP contribution in [0.2, 0.25) is 0 Å². The summed E-state index contributed by atoms with van der Waals surface area (Å²) in [5.74, 6) is -4.21. The lowest BCUT2D eigenvalue weighted by Crippen LogP contribution is -2.59. The molecule has 2 aromatic rings. The third-order valence-corrected chi connectivity index (χ3v) is 26.2. The second-order valence-electron chi connectivity index (χ2n) is 34.3.